The number of primary amides is 1. The number of rotatable bonds is 6. The fourth-order valence-corrected chi connectivity index (χ4v) is 1.94. The second-order valence-electron chi connectivity index (χ2n) is 6.58. The molecule has 0 saturated heterocycles. The summed E-state index contributed by atoms with van der Waals surface area (Å²) < 4.78 is 5.15. The molecule has 0 bridgehead atoms. The molecule has 3 N–H and O–H groups in total. The van der Waals surface area contributed by atoms with Gasteiger partial charge in [0.2, 0.25) is 5.91 Å². The largest absolute Gasteiger partial charge is 0.450 e. The Morgan fingerprint density at radius 2 is 2.04 bits per heavy atom. The summed E-state index contributed by atoms with van der Waals surface area (Å²) in [6.07, 6.45) is 1.91. The van der Waals surface area contributed by atoms with Crippen LogP contribution in [-0.2, 0) is 16.0 Å². The molecule has 0 aromatic heterocycles. The second kappa shape index (κ2) is 9.61. The molecule has 0 heterocycles. The third-order valence-electron chi connectivity index (χ3n) is 2.98. The molecule has 0 spiro atoms. The lowest BCUT2D eigenvalue weighted by Gasteiger charge is -2.19. The molecule has 5 heteroatoms. The van der Waals surface area contributed by atoms with Crippen LogP contribution in [0.3, 0.4) is 0 Å². The van der Waals surface area contributed by atoms with Crippen molar-refractivity contribution in [1.29, 1.82) is 0 Å². The van der Waals surface area contributed by atoms with Gasteiger partial charge in [-0.15, -0.1) is 0 Å². The van der Waals surface area contributed by atoms with Crippen molar-refractivity contribution >= 4 is 12.0 Å². The van der Waals surface area contributed by atoms with E-state index in [9.17, 15) is 9.59 Å². The van der Waals surface area contributed by atoms with Crippen LogP contribution in [0.4, 0.5) is 4.79 Å². The van der Waals surface area contributed by atoms with E-state index in [-0.39, 0.29) is 17.9 Å². The predicted octanol–water partition coefficient (Wildman–Crippen LogP) is 2.76. The van der Waals surface area contributed by atoms with Crippen LogP contribution in [0, 0.1) is 11.8 Å². The van der Waals surface area contributed by atoms with Crippen LogP contribution >= 0.6 is 0 Å². The van der Waals surface area contributed by atoms with Crippen LogP contribution in [0.1, 0.15) is 51.2 Å². The number of carbonyl (C=O) groups excluding carboxylic acids is 2. The quantitative estimate of drug-likeness (QED) is 0.621. The third-order valence-corrected chi connectivity index (χ3v) is 2.98. The SMILES string of the molecule is CC(C)(C)NC(=O)OCCCc1cccc(C#CCCC(N)=O)c1. The Bertz CT molecular complexity index is 621. The maximum atomic E-state index is 11.5. The highest BCUT2D eigenvalue weighted by Crippen LogP contribution is 2.07. The molecule has 1 aromatic rings. The second-order valence-corrected chi connectivity index (χ2v) is 6.58. The van der Waals surface area contributed by atoms with Gasteiger partial charge >= 0.3 is 6.09 Å². The van der Waals surface area contributed by atoms with Crippen molar-refractivity contribution in [2.45, 2.75) is 52.0 Å². The van der Waals surface area contributed by atoms with Gasteiger partial charge in [-0.3, -0.25) is 4.79 Å². The first-order valence-electron chi connectivity index (χ1n) is 8.07. The standard InChI is InChI=1S/C19H26N2O3/c1-19(2,3)21-18(23)24-13-7-11-16-10-6-9-15(14-16)8-4-5-12-17(20)22/h6,9-10,14H,5,7,11-13H2,1-3H3,(H2,20,22)(H,21,23). The summed E-state index contributed by atoms with van der Waals surface area (Å²) in [6.45, 7) is 6.09. The molecule has 0 aliphatic rings. The molecule has 0 atom stereocenters. The summed E-state index contributed by atoms with van der Waals surface area (Å²) in [6, 6.07) is 7.89. The summed E-state index contributed by atoms with van der Waals surface area (Å²) in [7, 11) is 0. The number of aryl methyl sites for hydroxylation is 1. The van der Waals surface area contributed by atoms with Gasteiger partial charge in [-0.05, 0) is 51.3 Å². The third kappa shape index (κ3) is 9.52. The Labute approximate surface area is 144 Å². The lowest BCUT2D eigenvalue weighted by Crippen LogP contribution is -2.41. The van der Waals surface area contributed by atoms with Crippen molar-refractivity contribution in [2.24, 2.45) is 5.73 Å². The number of nitrogens with one attached hydrogen (secondary N) is 1. The molecule has 0 saturated carbocycles. The first kappa shape index (κ1) is 19.6. The predicted molar refractivity (Wildman–Crippen MR) is 94.3 cm³/mol. The molecule has 0 aliphatic carbocycles. The zero-order chi connectivity index (χ0) is 18.0. The van der Waals surface area contributed by atoms with Crippen LogP contribution in [-0.4, -0.2) is 24.1 Å². The number of benzene rings is 1. The van der Waals surface area contributed by atoms with Gasteiger partial charge in [-0.25, -0.2) is 4.79 Å². The van der Waals surface area contributed by atoms with Crippen LogP contribution in [0.25, 0.3) is 0 Å². The Hall–Kier alpha value is -2.48. The van der Waals surface area contributed by atoms with Crippen molar-refractivity contribution in [3.8, 4) is 11.8 Å². The van der Waals surface area contributed by atoms with Crippen LogP contribution in [0.15, 0.2) is 24.3 Å². The van der Waals surface area contributed by atoms with Crippen molar-refractivity contribution < 1.29 is 14.3 Å². The van der Waals surface area contributed by atoms with E-state index < -0.39 is 6.09 Å². The number of nitrogens with two attached hydrogens (primary N) is 1. The van der Waals surface area contributed by atoms with Gasteiger partial charge in [-0.1, -0.05) is 24.0 Å². The van der Waals surface area contributed by atoms with Gasteiger partial charge in [-0.2, -0.15) is 0 Å². The average molecular weight is 330 g/mol. The first-order valence-corrected chi connectivity index (χ1v) is 8.07. The molecule has 0 radical (unpaired) electrons. The van der Waals surface area contributed by atoms with E-state index in [4.69, 9.17) is 10.5 Å². The fourth-order valence-electron chi connectivity index (χ4n) is 1.94. The molecule has 1 aromatic carbocycles. The number of alkyl carbamates (subject to hydrolysis) is 1. The van der Waals surface area contributed by atoms with Gasteiger partial charge < -0.3 is 15.8 Å². The number of ether oxygens (including phenoxy) is 1. The molecule has 0 unspecified atom stereocenters. The summed E-state index contributed by atoms with van der Waals surface area (Å²) in [5.41, 5.74) is 6.82. The molecule has 130 valence electrons. The fraction of sp³-hybridized carbons (Fsp3) is 0.474. The van der Waals surface area contributed by atoms with Gasteiger partial charge in [0.1, 0.15) is 0 Å². The van der Waals surface area contributed by atoms with Crippen LogP contribution in [0.2, 0.25) is 0 Å². The minimum atomic E-state index is -0.392. The van der Waals surface area contributed by atoms with Gasteiger partial charge in [0.05, 0.1) is 6.61 Å². The van der Waals surface area contributed by atoms with Crippen molar-refractivity contribution in [2.75, 3.05) is 6.61 Å². The van der Waals surface area contributed by atoms with Gasteiger partial charge in [0.15, 0.2) is 0 Å². The van der Waals surface area contributed by atoms with Crippen LogP contribution in [0.5, 0.6) is 0 Å². The molecule has 0 aliphatic heterocycles. The normalized spacial score (nSPS) is 10.5. The van der Waals surface area contributed by atoms with Crippen molar-refractivity contribution in [3.05, 3.63) is 35.4 Å². The van der Waals surface area contributed by atoms with E-state index in [1.165, 1.54) is 0 Å². The minimum Gasteiger partial charge on any atom is -0.450 e. The van der Waals surface area contributed by atoms with E-state index in [0.29, 0.717) is 13.0 Å². The molecule has 5 nitrogen and oxygen atoms in total. The van der Waals surface area contributed by atoms with E-state index >= 15 is 0 Å². The van der Waals surface area contributed by atoms with E-state index in [0.717, 1.165) is 24.0 Å². The van der Waals surface area contributed by atoms with Crippen LogP contribution < -0.4 is 11.1 Å². The zero-order valence-electron chi connectivity index (χ0n) is 14.6. The lowest BCUT2D eigenvalue weighted by molar-refractivity contribution is -0.117. The number of amides is 2. The monoisotopic (exact) mass is 330 g/mol. The average Bonchev–Trinajstić information content (AvgIpc) is 2.47. The van der Waals surface area contributed by atoms with E-state index in [1.54, 1.807) is 0 Å². The molecular weight excluding hydrogens is 304 g/mol. The minimum absolute atomic E-state index is 0.278. The highest BCUT2D eigenvalue weighted by atomic mass is 16.5. The highest BCUT2D eigenvalue weighted by molar-refractivity contribution is 5.74. The Balaban J connectivity index is 2.37. The maximum Gasteiger partial charge on any atom is 0.407 e. The summed E-state index contributed by atoms with van der Waals surface area (Å²) in [5, 5.41) is 2.75. The zero-order valence-corrected chi connectivity index (χ0v) is 14.6. The summed E-state index contributed by atoms with van der Waals surface area (Å²) in [5.74, 6) is 5.62. The first-order chi connectivity index (χ1) is 11.3. The van der Waals surface area contributed by atoms with Gasteiger partial charge in [0.25, 0.3) is 0 Å². The van der Waals surface area contributed by atoms with E-state index in [2.05, 4.69) is 17.2 Å². The van der Waals surface area contributed by atoms with Crippen molar-refractivity contribution in [3.63, 3.8) is 0 Å². The molecule has 24 heavy (non-hydrogen) atoms. The Kier molecular flexibility index (Phi) is 7.84. The molecule has 0 fully saturated rings. The topological polar surface area (TPSA) is 81.4 Å². The Morgan fingerprint density at radius 3 is 2.71 bits per heavy atom. The number of hydrogen-bond donors (Lipinski definition) is 2. The molecule has 2 amide bonds. The van der Waals surface area contributed by atoms with Crippen molar-refractivity contribution in [1.82, 2.24) is 5.32 Å². The number of carbonyl (C=O) groups is 2. The number of hydrogen-bond acceptors (Lipinski definition) is 3. The van der Waals surface area contributed by atoms with Gasteiger partial charge in [0, 0.05) is 23.9 Å². The molecular formula is C19H26N2O3. The Morgan fingerprint density at radius 1 is 1.29 bits per heavy atom. The van der Waals surface area contributed by atoms with E-state index in [1.807, 2.05) is 45.0 Å². The lowest BCUT2D eigenvalue weighted by atomic mass is 10.1. The molecule has 1 rings (SSSR count). The summed E-state index contributed by atoms with van der Waals surface area (Å²) in [4.78, 5) is 22.2. The smallest absolute Gasteiger partial charge is 0.407 e. The highest BCUT2D eigenvalue weighted by Gasteiger charge is 2.14. The summed E-state index contributed by atoms with van der Waals surface area (Å²) >= 11 is 0. The maximum absolute atomic E-state index is 11.5.